The summed E-state index contributed by atoms with van der Waals surface area (Å²) in [6, 6.07) is 16.6. The van der Waals surface area contributed by atoms with E-state index in [4.69, 9.17) is 5.26 Å². The van der Waals surface area contributed by atoms with Gasteiger partial charge in [0.2, 0.25) is 0 Å². The molecule has 0 aliphatic carbocycles. The van der Waals surface area contributed by atoms with Crippen LogP contribution in [0.15, 0.2) is 48.5 Å². The van der Waals surface area contributed by atoms with Crippen LogP contribution in [-0.4, -0.2) is 60.8 Å². The minimum atomic E-state index is -0.657. The lowest BCUT2D eigenvalue weighted by Crippen LogP contribution is -2.60. The molecule has 36 heavy (non-hydrogen) atoms. The molecule has 186 valence electrons. The van der Waals surface area contributed by atoms with E-state index >= 15 is 0 Å². The third-order valence-electron chi connectivity index (χ3n) is 7.02. The van der Waals surface area contributed by atoms with Gasteiger partial charge < -0.3 is 20.2 Å². The van der Waals surface area contributed by atoms with Crippen molar-refractivity contribution in [2.45, 2.75) is 31.4 Å². The second kappa shape index (κ2) is 9.66. The Hall–Kier alpha value is -3.25. The molecule has 6 nitrogen and oxygen atoms in total. The van der Waals surface area contributed by atoms with Crippen LogP contribution in [0.2, 0.25) is 0 Å². The van der Waals surface area contributed by atoms with Crippen molar-refractivity contribution in [2.24, 2.45) is 0 Å². The number of nitriles is 1. The molecular formula is C28H29FN4O2S. The van der Waals surface area contributed by atoms with Crippen LogP contribution in [0.5, 0.6) is 0 Å². The second-order valence-electron chi connectivity index (χ2n) is 9.94. The molecule has 0 unspecified atom stereocenters. The van der Waals surface area contributed by atoms with Gasteiger partial charge in [-0.25, -0.2) is 4.39 Å². The van der Waals surface area contributed by atoms with E-state index in [1.807, 2.05) is 55.3 Å². The zero-order valence-electron chi connectivity index (χ0n) is 20.4. The Kier molecular flexibility index (Phi) is 6.56. The molecule has 2 aliphatic rings. The molecule has 0 spiro atoms. The number of nitrogens with zero attached hydrogens (tertiary/aromatic N) is 3. The van der Waals surface area contributed by atoms with Gasteiger partial charge in [0.05, 0.1) is 16.0 Å². The van der Waals surface area contributed by atoms with Gasteiger partial charge in [-0.1, -0.05) is 18.2 Å². The number of benzene rings is 2. The first kappa shape index (κ1) is 24.4. The second-order valence-corrected chi connectivity index (χ2v) is 11.0. The summed E-state index contributed by atoms with van der Waals surface area (Å²) in [5.41, 5.74) is 2.69. The Morgan fingerprint density at radius 2 is 1.92 bits per heavy atom. The summed E-state index contributed by atoms with van der Waals surface area (Å²) < 4.78 is 14.5. The molecule has 1 aromatic heterocycles. The van der Waals surface area contributed by atoms with E-state index in [2.05, 4.69) is 10.2 Å². The van der Waals surface area contributed by atoms with Gasteiger partial charge in [-0.3, -0.25) is 4.79 Å². The first-order valence-corrected chi connectivity index (χ1v) is 13.0. The molecule has 2 N–H and O–H groups in total. The maximum absolute atomic E-state index is 14.5. The zero-order valence-corrected chi connectivity index (χ0v) is 21.2. The first-order chi connectivity index (χ1) is 17.3. The summed E-state index contributed by atoms with van der Waals surface area (Å²) >= 11 is 1.41. The highest BCUT2D eigenvalue weighted by Crippen LogP contribution is 2.41. The number of likely N-dealkylation sites (tertiary alicyclic amines) is 1. The number of carbonyl (C=O) groups is 1. The van der Waals surface area contributed by atoms with E-state index in [9.17, 15) is 14.3 Å². The van der Waals surface area contributed by atoms with E-state index in [1.54, 1.807) is 6.07 Å². The highest BCUT2D eigenvalue weighted by Gasteiger charge is 2.36. The van der Waals surface area contributed by atoms with Crippen molar-refractivity contribution in [2.75, 3.05) is 38.1 Å². The van der Waals surface area contributed by atoms with E-state index in [0.717, 1.165) is 41.1 Å². The monoisotopic (exact) mass is 504 g/mol. The van der Waals surface area contributed by atoms with Gasteiger partial charge in [-0.05, 0) is 68.3 Å². The summed E-state index contributed by atoms with van der Waals surface area (Å²) in [6.45, 7) is 4.38. The summed E-state index contributed by atoms with van der Waals surface area (Å²) in [4.78, 5) is 19.0. The molecule has 5 rings (SSSR count). The number of thiophene rings is 1. The summed E-state index contributed by atoms with van der Waals surface area (Å²) in [5.74, 6) is -0.589. The summed E-state index contributed by atoms with van der Waals surface area (Å²) in [6.07, 6.45) is 2.00. The van der Waals surface area contributed by atoms with E-state index in [-0.39, 0.29) is 17.5 Å². The fraction of sp³-hybridized carbons (Fsp3) is 0.357. The van der Waals surface area contributed by atoms with Crippen LogP contribution in [0, 0.1) is 17.1 Å². The maximum atomic E-state index is 14.5. The molecule has 2 aromatic carbocycles. The lowest BCUT2D eigenvalue weighted by atomic mass is 9.95. The van der Waals surface area contributed by atoms with Gasteiger partial charge in [-0.2, -0.15) is 5.26 Å². The number of amides is 1. The molecule has 8 heteroatoms. The molecular weight excluding hydrogens is 475 g/mol. The Morgan fingerprint density at radius 3 is 2.56 bits per heavy atom. The number of hydrogen-bond donors (Lipinski definition) is 2. The lowest BCUT2D eigenvalue weighted by Gasteiger charge is -2.45. The molecule has 3 aromatic rings. The van der Waals surface area contributed by atoms with Crippen molar-refractivity contribution in [3.05, 3.63) is 64.8 Å². The number of nitrogens with one attached hydrogen (secondary N) is 1. The maximum Gasteiger partial charge on any atom is 0.264 e. The van der Waals surface area contributed by atoms with Crippen molar-refractivity contribution in [1.82, 2.24) is 10.2 Å². The zero-order chi connectivity index (χ0) is 25.4. The standard InChI is InChI=1S/C28H29FN4O2S/c1-28(35)16-33(17-28)22-9-7-18(8-10-22)26-23(19-5-6-20(14-30)24(29)12-19)13-25(36-26)27(34)32-11-3-4-21(15-32)31-2/h5-10,12-13,21,31,35H,3-4,11,15-17H2,1-2H3/t21-/m1/s1. The average Bonchev–Trinajstić information content (AvgIpc) is 3.32. The quantitative estimate of drug-likeness (QED) is 0.535. The van der Waals surface area contributed by atoms with Crippen molar-refractivity contribution in [3.63, 3.8) is 0 Å². The SMILES string of the molecule is CN[C@@H]1CCCN(C(=O)c2cc(-c3ccc(C#N)c(F)c3)c(-c3ccc(N4CC(C)(O)C4)cc3)s2)C1. The normalized spacial score (nSPS) is 19.0. The third-order valence-corrected chi connectivity index (χ3v) is 8.19. The number of aliphatic hydroxyl groups is 1. The van der Waals surface area contributed by atoms with Gasteiger partial charge >= 0.3 is 0 Å². The number of anilines is 1. The van der Waals surface area contributed by atoms with E-state index in [1.165, 1.54) is 23.5 Å². The van der Waals surface area contributed by atoms with E-state index < -0.39 is 11.4 Å². The van der Waals surface area contributed by atoms with Crippen LogP contribution >= 0.6 is 11.3 Å². The van der Waals surface area contributed by atoms with Crippen LogP contribution in [0.1, 0.15) is 35.0 Å². The Morgan fingerprint density at radius 1 is 1.19 bits per heavy atom. The van der Waals surface area contributed by atoms with Crippen LogP contribution in [0.3, 0.4) is 0 Å². The molecule has 3 heterocycles. The van der Waals surface area contributed by atoms with Gasteiger partial charge in [0, 0.05) is 48.3 Å². The summed E-state index contributed by atoms with van der Waals surface area (Å²) in [5, 5.41) is 22.5. The van der Waals surface area contributed by atoms with Crippen molar-refractivity contribution >= 4 is 22.9 Å². The lowest BCUT2D eigenvalue weighted by molar-refractivity contribution is 0.0310. The predicted molar refractivity (Wildman–Crippen MR) is 141 cm³/mol. The number of piperidine rings is 1. The van der Waals surface area contributed by atoms with Crippen LogP contribution in [0.25, 0.3) is 21.6 Å². The van der Waals surface area contributed by atoms with Crippen LogP contribution in [-0.2, 0) is 0 Å². The highest BCUT2D eigenvalue weighted by molar-refractivity contribution is 7.18. The van der Waals surface area contributed by atoms with Crippen LogP contribution < -0.4 is 10.2 Å². The molecule has 1 atom stereocenters. The Labute approximate surface area is 214 Å². The smallest absolute Gasteiger partial charge is 0.264 e. The van der Waals surface area contributed by atoms with Crippen molar-refractivity contribution in [1.29, 1.82) is 5.26 Å². The topological polar surface area (TPSA) is 79.6 Å². The van der Waals surface area contributed by atoms with Gasteiger partial charge in [0.25, 0.3) is 5.91 Å². The number of β-amino-alcohol motifs (C(OH)–C–C–N with tert-alkyl or cyclic N) is 1. The minimum Gasteiger partial charge on any atom is -0.386 e. The molecule has 0 radical (unpaired) electrons. The largest absolute Gasteiger partial charge is 0.386 e. The van der Waals surface area contributed by atoms with Gasteiger partial charge in [-0.15, -0.1) is 11.3 Å². The minimum absolute atomic E-state index is 0.00645. The number of hydrogen-bond acceptors (Lipinski definition) is 6. The number of likely N-dealkylation sites (N-methyl/N-ethyl adjacent to an activating group) is 1. The summed E-state index contributed by atoms with van der Waals surface area (Å²) in [7, 11) is 1.92. The highest BCUT2D eigenvalue weighted by atomic mass is 32.1. The van der Waals surface area contributed by atoms with E-state index in [0.29, 0.717) is 30.1 Å². The Balaban J connectivity index is 1.51. The third kappa shape index (κ3) is 4.74. The number of halogens is 1. The number of rotatable bonds is 5. The van der Waals surface area contributed by atoms with Gasteiger partial charge in [0.1, 0.15) is 11.9 Å². The molecule has 0 bridgehead atoms. The van der Waals surface area contributed by atoms with Crippen molar-refractivity contribution < 1.29 is 14.3 Å². The number of carbonyl (C=O) groups excluding carboxylic acids is 1. The fourth-order valence-electron chi connectivity index (χ4n) is 5.03. The molecule has 2 fully saturated rings. The first-order valence-electron chi connectivity index (χ1n) is 12.2. The van der Waals surface area contributed by atoms with Crippen molar-refractivity contribution in [3.8, 4) is 27.6 Å². The average molecular weight is 505 g/mol. The molecule has 0 saturated carbocycles. The van der Waals surface area contributed by atoms with Crippen LogP contribution in [0.4, 0.5) is 10.1 Å². The molecule has 1 amide bonds. The molecule has 2 saturated heterocycles. The molecule has 2 aliphatic heterocycles. The fourth-order valence-corrected chi connectivity index (χ4v) is 6.19. The predicted octanol–water partition coefficient (Wildman–Crippen LogP) is 4.49. The Bertz CT molecular complexity index is 1320. The van der Waals surface area contributed by atoms with Gasteiger partial charge in [0.15, 0.2) is 0 Å².